The second-order valence-electron chi connectivity index (χ2n) is 22.2. The molecule has 8 heteroatoms. The van der Waals surface area contributed by atoms with Gasteiger partial charge in [-0.1, -0.05) is 206 Å². The zero-order valence-corrected chi connectivity index (χ0v) is 46.4. The second-order valence-corrected chi connectivity index (χ2v) is 22.2. The lowest BCUT2D eigenvalue weighted by molar-refractivity contribution is 0.754. The molecule has 3 aliphatic carbocycles. The lowest BCUT2D eigenvalue weighted by Gasteiger charge is -2.42. The first-order chi connectivity index (χ1) is 42.6. The molecule has 402 valence electrons. The van der Waals surface area contributed by atoms with Gasteiger partial charge in [0.15, 0.2) is 11.6 Å². The van der Waals surface area contributed by atoms with Crippen molar-refractivity contribution in [3.8, 4) is 102 Å². The van der Waals surface area contributed by atoms with E-state index >= 15 is 0 Å². The van der Waals surface area contributed by atoms with Crippen LogP contribution in [0.15, 0.2) is 291 Å². The highest BCUT2D eigenvalue weighted by molar-refractivity contribution is 5.87. The third-order valence-electron chi connectivity index (χ3n) is 17.1. The zero-order chi connectivity index (χ0) is 56.7. The molecule has 0 fully saturated rings. The maximum atomic E-state index is 5.45. The molecule has 0 amide bonds. The standard InChI is InChI=1S/C78H50N8/c1-5-21-49(22-6-1)67-47-69(51-25-19-27-55(43-51)77-83-65-35-15-17-37-71(65)85(77)57-29-9-3-10-30-57)81-75(79-67)53-39-41-61-63(45-53)73-59-33-13-14-34-60(59)74(61)64-46-54(40-42-62(64)73)76-80-68(50-23-7-2-8-24-50)48-70(82-76)52-26-20-28-56(44-52)78-84-66-36-16-18-38-72(66)86(78)58-31-11-4-12-32-58/h1-48,73-74H. The summed E-state index contributed by atoms with van der Waals surface area (Å²) in [5, 5.41) is 0. The molecule has 0 radical (unpaired) electrons. The van der Waals surface area contributed by atoms with Crippen molar-refractivity contribution >= 4 is 22.1 Å². The number of imidazole rings is 2. The SMILES string of the molecule is c1ccc(-c2cc(-c3cccc(-c4nc5ccccc5n4-c4ccccc4)c3)nc(-c3ccc4c(c3)C3c5ccccc5C4c4cc(-c5nc(-c6ccccc6)cc(-c6cccc(-c7nc8ccccc8n7-c7ccccc7)c6)n5)ccc43)n2)cc1. The fourth-order valence-electron chi connectivity index (χ4n) is 13.2. The van der Waals surface area contributed by atoms with Crippen LogP contribution in [0.2, 0.25) is 0 Å². The van der Waals surface area contributed by atoms with Crippen molar-refractivity contribution in [1.82, 2.24) is 39.0 Å². The van der Waals surface area contributed by atoms with Crippen molar-refractivity contribution in [2.75, 3.05) is 0 Å². The Morgan fingerprint density at radius 2 is 0.558 bits per heavy atom. The van der Waals surface area contributed by atoms with Gasteiger partial charge in [-0.2, -0.15) is 0 Å². The first-order valence-corrected chi connectivity index (χ1v) is 29.2. The lowest BCUT2D eigenvalue weighted by atomic mass is 9.61. The molecule has 0 saturated carbocycles. The summed E-state index contributed by atoms with van der Waals surface area (Å²) in [4.78, 5) is 32.1. The minimum absolute atomic E-state index is 0.0116. The quantitative estimate of drug-likeness (QED) is 0.136. The molecule has 86 heavy (non-hydrogen) atoms. The maximum Gasteiger partial charge on any atom is 0.160 e. The molecule has 15 aromatic rings. The van der Waals surface area contributed by atoms with Crippen LogP contribution >= 0.6 is 0 Å². The summed E-state index contributed by atoms with van der Waals surface area (Å²) in [6, 6.07) is 103. The molecule has 11 aromatic carbocycles. The molecule has 4 aromatic heterocycles. The van der Waals surface area contributed by atoms with Gasteiger partial charge < -0.3 is 0 Å². The van der Waals surface area contributed by atoms with Gasteiger partial charge in [-0.15, -0.1) is 0 Å². The molecule has 0 saturated heterocycles. The summed E-state index contributed by atoms with van der Waals surface area (Å²) in [5.41, 5.74) is 25.1. The fraction of sp³-hybridized carbons (Fsp3) is 0.0256. The maximum absolute atomic E-state index is 5.45. The number of aromatic nitrogens is 8. The molecule has 8 nitrogen and oxygen atoms in total. The van der Waals surface area contributed by atoms with E-state index in [1.54, 1.807) is 0 Å². The molecular formula is C78H50N8. The number of hydrogen-bond acceptors (Lipinski definition) is 6. The Morgan fingerprint density at radius 1 is 0.221 bits per heavy atom. The summed E-state index contributed by atoms with van der Waals surface area (Å²) in [6.07, 6.45) is 0. The minimum atomic E-state index is -0.0116. The zero-order valence-electron chi connectivity index (χ0n) is 46.4. The molecular weight excluding hydrogens is 1050 g/mol. The monoisotopic (exact) mass is 1100 g/mol. The lowest BCUT2D eigenvalue weighted by Crippen LogP contribution is -2.27. The van der Waals surface area contributed by atoms with Crippen molar-refractivity contribution in [2.45, 2.75) is 11.8 Å². The van der Waals surface area contributed by atoms with Gasteiger partial charge in [0.1, 0.15) is 11.6 Å². The smallest absolute Gasteiger partial charge is 0.160 e. The summed E-state index contributed by atoms with van der Waals surface area (Å²) < 4.78 is 4.49. The van der Waals surface area contributed by atoms with Crippen LogP contribution in [0.1, 0.15) is 45.2 Å². The first-order valence-electron chi connectivity index (χ1n) is 29.2. The third kappa shape index (κ3) is 8.29. The molecule has 4 heterocycles. The Bertz CT molecular complexity index is 4810. The van der Waals surface area contributed by atoms with Gasteiger partial charge in [0, 0.05) is 67.7 Å². The Hall–Kier alpha value is -11.5. The number of para-hydroxylation sites is 6. The van der Waals surface area contributed by atoms with E-state index in [4.69, 9.17) is 29.9 Å². The van der Waals surface area contributed by atoms with Gasteiger partial charge in [0.25, 0.3) is 0 Å². The van der Waals surface area contributed by atoms with Crippen LogP contribution in [0, 0.1) is 0 Å². The average molecular weight is 1100 g/mol. The molecule has 0 spiro atoms. The van der Waals surface area contributed by atoms with E-state index in [9.17, 15) is 0 Å². The topological polar surface area (TPSA) is 87.2 Å². The highest BCUT2D eigenvalue weighted by Crippen LogP contribution is 2.57. The van der Waals surface area contributed by atoms with Gasteiger partial charge in [-0.05, 0) is 118 Å². The molecule has 3 aliphatic rings. The molecule has 0 N–H and O–H groups in total. The number of fused-ring (bicyclic) bond motifs is 2. The van der Waals surface area contributed by atoms with Crippen LogP contribution in [0.4, 0.5) is 0 Å². The number of rotatable bonds is 10. The molecule has 2 atom stereocenters. The fourth-order valence-corrected chi connectivity index (χ4v) is 13.2. The van der Waals surface area contributed by atoms with Gasteiger partial charge in [0.2, 0.25) is 0 Å². The van der Waals surface area contributed by atoms with Gasteiger partial charge in [-0.3, -0.25) is 9.13 Å². The van der Waals surface area contributed by atoms with E-state index in [0.717, 1.165) is 112 Å². The van der Waals surface area contributed by atoms with Gasteiger partial charge in [-0.25, -0.2) is 29.9 Å². The van der Waals surface area contributed by atoms with Crippen molar-refractivity contribution < 1.29 is 0 Å². The average Bonchev–Trinajstić information content (AvgIpc) is 0.970. The number of hydrogen-bond donors (Lipinski definition) is 0. The Labute approximate surface area is 496 Å². The van der Waals surface area contributed by atoms with Gasteiger partial charge in [0.05, 0.1) is 44.8 Å². The third-order valence-corrected chi connectivity index (χ3v) is 17.1. The van der Waals surface area contributed by atoms with E-state index in [-0.39, 0.29) is 11.8 Å². The second kappa shape index (κ2) is 20.2. The normalized spacial score (nSPS) is 13.8. The van der Waals surface area contributed by atoms with Crippen LogP contribution in [0.5, 0.6) is 0 Å². The van der Waals surface area contributed by atoms with E-state index in [1.165, 1.54) is 33.4 Å². The van der Waals surface area contributed by atoms with E-state index in [2.05, 4.69) is 264 Å². The number of nitrogens with zero attached hydrogens (tertiary/aromatic N) is 8. The predicted octanol–water partition coefficient (Wildman–Crippen LogP) is 18.3. The van der Waals surface area contributed by atoms with Crippen LogP contribution in [0.25, 0.3) is 124 Å². The predicted molar refractivity (Wildman–Crippen MR) is 345 cm³/mol. The summed E-state index contributed by atoms with van der Waals surface area (Å²) in [5.74, 6) is 3.05. The van der Waals surface area contributed by atoms with Crippen molar-refractivity contribution in [3.05, 3.63) is 325 Å². The van der Waals surface area contributed by atoms with Crippen molar-refractivity contribution in [2.24, 2.45) is 0 Å². The molecule has 2 bridgehead atoms. The van der Waals surface area contributed by atoms with Crippen LogP contribution in [0.3, 0.4) is 0 Å². The summed E-state index contributed by atoms with van der Waals surface area (Å²) in [6.45, 7) is 0. The van der Waals surface area contributed by atoms with E-state index in [0.29, 0.717) is 11.6 Å². The van der Waals surface area contributed by atoms with E-state index < -0.39 is 0 Å². The Kier molecular flexibility index (Phi) is 11.5. The largest absolute Gasteiger partial charge is 0.292 e. The van der Waals surface area contributed by atoms with Gasteiger partial charge >= 0.3 is 0 Å². The van der Waals surface area contributed by atoms with Crippen LogP contribution < -0.4 is 0 Å². The van der Waals surface area contributed by atoms with Crippen molar-refractivity contribution in [3.63, 3.8) is 0 Å². The molecule has 0 aliphatic heterocycles. The van der Waals surface area contributed by atoms with Crippen LogP contribution in [-0.4, -0.2) is 39.0 Å². The van der Waals surface area contributed by atoms with E-state index in [1.807, 2.05) is 36.4 Å². The Balaban J connectivity index is 0.764. The first kappa shape index (κ1) is 49.2. The Morgan fingerprint density at radius 3 is 0.988 bits per heavy atom. The highest BCUT2D eigenvalue weighted by Gasteiger charge is 2.42. The summed E-state index contributed by atoms with van der Waals surface area (Å²) in [7, 11) is 0. The van der Waals surface area contributed by atoms with Crippen molar-refractivity contribution in [1.29, 1.82) is 0 Å². The summed E-state index contributed by atoms with van der Waals surface area (Å²) >= 11 is 0. The highest BCUT2D eigenvalue weighted by atomic mass is 15.1. The minimum Gasteiger partial charge on any atom is -0.292 e. The van der Waals surface area contributed by atoms with Crippen LogP contribution in [-0.2, 0) is 0 Å². The number of benzene rings is 11. The molecule has 18 rings (SSSR count). The molecule has 2 unspecified atom stereocenters.